The van der Waals surface area contributed by atoms with E-state index in [1.54, 1.807) is 27.2 Å². The van der Waals surface area contributed by atoms with Crippen LogP contribution in [0.3, 0.4) is 0 Å². The molecular formula is C19H21ClN6O2. The van der Waals surface area contributed by atoms with Crippen LogP contribution in [0.25, 0.3) is 10.9 Å². The fraction of sp³-hybridized carbons (Fsp3) is 0.211. The molecule has 0 amide bonds. The van der Waals surface area contributed by atoms with Crippen molar-refractivity contribution in [3.8, 4) is 0 Å². The molecule has 0 saturated carbocycles. The number of aromatic nitrogens is 3. The molecule has 0 fully saturated rings. The van der Waals surface area contributed by atoms with Crippen LogP contribution in [0.1, 0.15) is 5.69 Å². The number of benzene rings is 1. The number of rotatable bonds is 6. The zero-order chi connectivity index (χ0) is 20.4. The Hall–Kier alpha value is -3.26. The molecule has 2 heterocycles. The first-order chi connectivity index (χ1) is 13.4. The average molecular weight is 401 g/mol. The number of allylic oxidation sites excluding steroid dienone is 1. The Morgan fingerprint density at radius 2 is 2.14 bits per heavy atom. The smallest absolute Gasteiger partial charge is 0.332 e. The van der Waals surface area contributed by atoms with Gasteiger partial charge in [0.05, 0.1) is 6.54 Å². The predicted molar refractivity (Wildman–Crippen MR) is 115 cm³/mol. The van der Waals surface area contributed by atoms with Gasteiger partial charge in [-0.15, -0.1) is 0 Å². The van der Waals surface area contributed by atoms with E-state index in [0.717, 1.165) is 15.5 Å². The molecule has 0 unspecified atom stereocenters. The van der Waals surface area contributed by atoms with E-state index in [9.17, 15) is 9.59 Å². The largest absolute Gasteiger partial charge is 0.372 e. The van der Waals surface area contributed by atoms with Gasteiger partial charge in [-0.25, -0.2) is 4.79 Å². The number of nitrogens with zero attached hydrogens (tertiary/aromatic N) is 4. The van der Waals surface area contributed by atoms with Crippen molar-refractivity contribution in [1.82, 2.24) is 14.1 Å². The van der Waals surface area contributed by atoms with E-state index in [1.165, 1.54) is 21.9 Å². The van der Waals surface area contributed by atoms with Gasteiger partial charge in [0.25, 0.3) is 5.56 Å². The molecule has 3 aromatic rings. The maximum absolute atomic E-state index is 13.1. The van der Waals surface area contributed by atoms with E-state index in [4.69, 9.17) is 11.6 Å². The molecule has 0 aliphatic rings. The zero-order valence-corrected chi connectivity index (χ0v) is 16.6. The number of halogens is 1. The van der Waals surface area contributed by atoms with Crippen molar-refractivity contribution in [2.45, 2.75) is 6.54 Å². The minimum absolute atomic E-state index is 0.0759. The van der Waals surface area contributed by atoms with Gasteiger partial charge in [-0.1, -0.05) is 24.2 Å². The van der Waals surface area contributed by atoms with Crippen molar-refractivity contribution in [2.75, 3.05) is 24.4 Å². The molecule has 0 aliphatic carbocycles. The molecule has 0 spiro atoms. The fourth-order valence-electron chi connectivity index (χ4n) is 3.11. The highest BCUT2D eigenvalue weighted by Gasteiger charge is 2.20. The predicted octanol–water partition coefficient (Wildman–Crippen LogP) is 2.38. The van der Waals surface area contributed by atoms with E-state index in [-0.39, 0.29) is 12.2 Å². The van der Waals surface area contributed by atoms with Crippen molar-refractivity contribution >= 4 is 40.2 Å². The highest BCUT2D eigenvalue weighted by atomic mass is 35.5. The summed E-state index contributed by atoms with van der Waals surface area (Å²) in [7, 11) is 4.88. The first-order valence-corrected chi connectivity index (χ1v) is 8.93. The third kappa shape index (κ3) is 3.34. The maximum Gasteiger partial charge on any atom is 0.332 e. The lowest BCUT2D eigenvalue weighted by molar-refractivity contribution is 0.635. The third-order valence-corrected chi connectivity index (χ3v) is 4.76. The molecule has 9 heteroatoms. The summed E-state index contributed by atoms with van der Waals surface area (Å²) in [6, 6.07) is 7.36. The molecule has 1 aromatic carbocycles. The van der Waals surface area contributed by atoms with Gasteiger partial charge < -0.3 is 10.3 Å². The molecule has 0 atom stereocenters. The third-order valence-electron chi connectivity index (χ3n) is 4.43. The number of nitrogens with one attached hydrogen (secondary N) is 2. The topological polar surface area (TPSA) is 87.4 Å². The van der Waals surface area contributed by atoms with Gasteiger partial charge in [0.2, 0.25) is 0 Å². The van der Waals surface area contributed by atoms with Crippen LogP contribution >= 0.6 is 11.6 Å². The Morgan fingerprint density at radius 3 is 2.79 bits per heavy atom. The number of H-pyrrole nitrogens is 1. The van der Waals surface area contributed by atoms with Gasteiger partial charge >= 0.3 is 5.69 Å². The van der Waals surface area contributed by atoms with Gasteiger partial charge in [0.15, 0.2) is 5.69 Å². The number of aromatic amines is 1. The van der Waals surface area contributed by atoms with Crippen LogP contribution in [0.4, 0.5) is 11.5 Å². The molecule has 28 heavy (non-hydrogen) atoms. The highest BCUT2D eigenvalue weighted by Crippen LogP contribution is 2.24. The second-order valence-corrected chi connectivity index (χ2v) is 6.61. The lowest BCUT2D eigenvalue weighted by Crippen LogP contribution is -2.42. The van der Waals surface area contributed by atoms with E-state index in [0.29, 0.717) is 16.5 Å². The Balaban J connectivity index is 2.17. The van der Waals surface area contributed by atoms with Crippen LogP contribution in [-0.2, 0) is 13.6 Å². The Morgan fingerprint density at radius 1 is 1.39 bits per heavy atom. The lowest BCUT2D eigenvalue weighted by atomic mass is 10.2. The summed E-state index contributed by atoms with van der Waals surface area (Å²) in [6.07, 6.45) is 2.97. The Labute approximate surface area is 166 Å². The molecule has 3 rings (SSSR count). The minimum Gasteiger partial charge on any atom is -0.372 e. The standard InChI is InChI=1S/C19H21ClN6O2/c1-5-9-22-25(4)16-17(21-2)24(3)19(28)26(18(16)27)11-12-10-13-14(20)7-6-8-15(13)23-12/h5-10,21,23H,1,11H2,2-4H3/b22-9-. The number of fused-ring (bicyclic) bond motifs is 1. The van der Waals surface area contributed by atoms with Crippen LogP contribution in [-0.4, -0.2) is 34.4 Å². The number of hydrazone groups is 1. The Bertz CT molecular complexity index is 1190. The first kappa shape index (κ1) is 19.5. The van der Waals surface area contributed by atoms with Gasteiger partial charge in [0.1, 0.15) is 5.82 Å². The van der Waals surface area contributed by atoms with Gasteiger partial charge in [-0.2, -0.15) is 5.10 Å². The van der Waals surface area contributed by atoms with Crippen molar-refractivity contribution in [1.29, 1.82) is 0 Å². The quantitative estimate of drug-likeness (QED) is 0.491. The SMILES string of the molecule is C=C/C=N\N(C)c1c(NC)n(C)c(=O)n(Cc2cc3c(Cl)cccc3[nH]2)c1=O. The first-order valence-electron chi connectivity index (χ1n) is 8.55. The molecule has 2 N–H and O–H groups in total. The molecule has 0 saturated heterocycles. The summed E-state index contributed by atoms with van der Waals surface area (Å²) in [5.41, 5.74) is 0.886. The summed E-state index contributed by atoms with van der Waals surface area (Å²) in [6.45, 7) is 3.66. The van der Waals surface area contributed by atoms with E-state index < -0.39 is 11.2 Å². The highest BCUT2D eigenvalue weighted by molar-refractivity contribution is 6.35. The molecule has 146 valence electrons. The van der Waals surface area contributed by atoms with Crippen LogP contribution in [0.15, 0.2) is 51.6 Å². The second-order valence-electron chi connectivity index (χ2n) is 6.20. The molecule has 0 radical (unpaired) electrons. The van der Waals surface area contributed by atoms with Crippen LogP contribution < -0.4 is 21.6 Å². The number of hydrogen-bond donors (Lipinski definition) is 2. The summed E-state index contributed by atoms with van der Waals surface area (Å²) < 4.78 is 2.54. The van der Waals surface area contributed by atoms with Crippen molar-refractivity contribution in [3.63, 3.8) is 0 Å². The van der Waals surface area contributed by atoms with Crippen LogP contribution in [0.5, 0.6) is 0 Å². The van der Waals surface area contributed by atoms with Crippen LogP contribution in [0, 0.1) is 0 Å². The molecule has 2 aromatic heterocycles. The average Bonchev–Trinajstić information content (AvgIpc) is 3.10. The van der Waals surface area contributed by atoms with Gasteiger partial charge in [-0.05, 0) is 24.3 Å². The number of hydrogen-bond acceptors (Lipinski definition) is 5. The van der Waals surface area contributed by atoms with E-state index >= 15 is 0 Å². The Kier molecular flexibility index (Phi) is 5.41. The monoisotopic (exact) mass is 400 g/mol. The van der Waals surface area contributed by atoms with Gasteiger partial charge in [0, 0.05) is 49.0 Å². The van der Waals surface area contributed by atoms with Crippen LogP contribution in [0.2, 0.25) is 5.02 Å². The second kappa shape index (κ2) is 7.77. The van der Waals surface area contributed by atoms with Crippen molar-refractivity contribution < 1.29 is 0 Å². The summed E-state index contributed by atoms with van der Waals surface area (Å²) >= 11 is 6.22. The number of anilines is 2. The summed E-state index contributed by atoms with van der Waals surface area (Å²) in [5, 5.41) is 9.90. The molecule has 8 nitrogen and oxygen atoms in total. The van der Waals surface area contributed by atoms with Gasteiger partial charge in [-0.3, -0.25) is 18.9 Å². The molecule has 0 aliphatic heterocycles. The lowest BCUT2D eigenvalue weighted by Gasteiger charge is -2.20. The fourth-order valence-corrected chi connectivity index (χ4v) is 3.33. The summed E-state index contributed by atoms with van der Waals surface area (Å²) in [5.74, 6) is 0.370. The van der Waals surface area contributed by atoms with E-state index in [2.05, 4.69) is 22.0 Å². The van der Waals surface area contributed by atoms with E-state index in [1.807, 2.05) is 18.2 Å². The summed E-state index contributed by atoms with van der Waals surface area (Å²) in [4.78, 5) is 29.2. The maximum atomic E-state index is 13.1. The normalized spacial score (nSPS) is 11.3. The van der Waals surface area contributed by atoms with Crippen molar-refractivity contribution in [2.24, 2.45) is 12.1 Å². The molecular weight excluding hydrogens is 380 g/mol. The van der Waals surface area contributed by atoms with Crippen molar-refractivity contribution in [3.05, 3.63) is 68.5 Å². The molecule has 0 bridgehead atoms. The zero-order valence-electron chi connectivity index (χ0n) is 15.9. The minimum atomic E-state index is -0.457.